The first-order valence-corrected chi connectivity index (χ1v) is 7.01. The molecule has 0 aliphatic rings. The first kappa shape index (κ1) is 14.6. The largest absolute Gasteiger partial charge is 0.507 e. The molecule has 1 heterocycles. The number of halogens is 1. The highest BCUT2D eigenvalue weighted by molar-refractivity contribution is 6.31. The van der Waals surface area contributed by atoms with Crippen LogP contribution in [0.4, 0.5) is 5.82 Å². The Morgan fingerprint density at radius 2 is 1.91 bits per heavy atom. The zero-order valence-corrected chi connectivity index (χ0v) is 12.9. The van der Waals surface area contributed by atoms with E-state index in [0.717, 1.165) is 5.39 Å². The molecule has 112 valence electrons. The molecule has 3 rings (SSSR count). The number of rotatable bonds is 3. The third-order valence-corrected chi connectivity index (χ3v) is 3.59. The Bertz CT molecular complexity index is 839. The fourth-order valence-corrected chi connectivity index (χ4v) is 2.36. The van der Waals surface area contributed by atoms with Crippen molar-refractivity contribution in [2.75, 3.05) is 19.2 Å². The van der Waals surface area contributed by atoms with Gasteiger partial charge in [0.1, 0.15) is 5.75 Å². The molecule has 0 atom stereocenters. The van der Waals surface area contributed by atoms with Crippen LogP contribution in [0.1, 0.15) is 0 Å². The van der Waals surface area contributed by atoms with Crippen molar-refractivity contribution in [3.63, 3.8) is 0 Å². The van der Waals surface area contributed by atoms with E-state index in [-0.39, 0.29) is 5.75 Å². The number of aromatic nitrogens is 2. The van der Waals surface area contributed by atoms with Gasteiger partial charge in [-0.15, -0.1) is 0 Å². The minimum Gasteiger partial charge on any atom is -0.507 e. The Balaban J connectivity index is 2.30. The SMILES string of the molecule is CON(C)c1nc(-c2ccccc2O)nc2cc(Cl)ccc12. The molecule has 0 amide bonds. The van der Waals surface area contributed by atoms with E-state index < -0.39 is 0 Å². The smallest absolute Gasteiger partial charge is 0.165 e. The van der Waals surface area contributed by atoms with Gasteiger partial charge in [0.2, 0.25) is 0 Å². The van der Waals surface area contributed by atoms with Gasteiger partial charge in [-0.2, -0.15) is 0 Å². The lowest BCUT2D eigenvalue weighted by molar-refractivity contribution is 0.183. The van der Waals surface area contributed by atoms with Gasteiger partial charge in [-0.3, -0.25) is 4.84 Å². The fraction of sp³-hybridized carbons (Fsp3) is 0.125. The number of aromatic hydroxyl groups is 1. The molecule has 5 nitrogen and oxygen atoms in total. The number of nitrogens with zero attached hydrogens (tertiary/aromatic N) is 3. The van der Waals surface area contributed by atoms with Crippen molar-refractivity contribution in [1.29, 1.82) is 0 Å². The van der Waals surface area contributed by atoms with Crippen LogP contribution in [-0.4, -0.2) is 29.2 Å². The molecular weight excluding hydrogens is 302 g/mol. The van der Waals surface area contributed by atoms with Crippen molar-refractivity contribution in [2.45, 2.75) is 0 Å². The number of anilines is 1. The molecule has 1 aromatic heterocycles. The maximum atomic E-state index is 10.0. The normalized spacial score (nSPS) is 10.9. The molecule has 22 heavy (non-hydrogen) atoms. The van der Waals surface area contributed by atoms with Crippen LogP contribution in [-0.2, 0) is 4.84 Å². The third kappa shape index (κ3) is 2.56. The third-order valence-electron chi connectivity index (χ3n) is 3.36. The quantitative estimate of drug-likeness (QED) is 0.748. The Hall–Kier alpha value is -2.37. The number of phenols is 1. The lowest BCUT2D eigenvalue weighted by atomic mass is 10.1. The van der Waals surface area contributed by atoms with Crippen molar-refractivity contribution >= 4 is 28.3 Å². The van der Waals surface area contributed by atoms with Crippen LogP contribution in [0.2, 0.25) is 5.02 Å². The molecular formula is C16H14ClN3O2. The first-order chi connectivity index (χ1) is 10.6. The van der Waals surface area contributed by atoms with Gasteiger partial charge in [-0.25, -0.2) is 15.0 Å². The average molecular weight is 316 g/mol. The summed E-state index contributed by atoms with van der Waals surface area (Å²) in [7, 11) is 3.31. The second-order valence-electron chi connectivity index (χ2n) is 4.73. The molecule has 0 aliphatic heterocycles. The van der Waals surface area contributed by atoms with E-state index in [2.05, 4.69) is 9.97 Å². The second kappa shape index (κ2) is 5.79. The molecule has 0 radical (unpaired) electrons. The topological polar surface area (TPSA) is 58.5 Å². The van der Waals surface area contributed by atoms with Crippen LogP contribution in [0.5, 0.6) is 5.75 Å². The van der Waals surface area contributed by atoms with Gasteiger partial charge in [0.05, 0.1) is 18.2 Å². The van der Waals surface area contributed by atoms with Crippen LogP contribution >= 0.6 is 11.6 Å². The molecule has 0 aliphatic carbocycles. The number of fused-ring (bicyclic) bond motifs is 1. The highest BCUT2D eigenvalue weighted by Crippen LogP contribution is 2.32. The molecule has 3 aromatic rings. The van der Waals surface area contributed by atoms with Gasteiger partial charge < -0.3 is 5.11 Å². The van der Waals surface area contributed by atoms with E-state index in [0.29, 0.717) is 27.7 Å². The van der Waals surface area contributed by atoms with E-state index in [9.17, 15) is 5.11 Å². The summed E-state index contributed by atoms with van der Waals surface area (Å²) in [6, 6.07) is 12.3. The van der Waals surface area contributed by atoms with Gasteiger partial charge in [0.25, 0.3) is 0 Å². The van der Waals surface area contributed by atoms with Crippen LogP contribution in [0, 0.1) is 0 Å². The molecule has 6 heteroatoms. The maximum absolute atomic E-state index is 10.0. The minimum absolute atomic E-state index is 0.120. The second-order valence-corrected chi connectivity index (χ2v) is 5.17. The molecule has 0 saturated carbocycles. The summed E-state index contributed by atoms with van der Waals surface area (Å²) in [5, 5.41) is 13.0. The van der Waals surface area contributed by atoms with E-state index >= 15 is 0 Å². The van der Waals surface area contributed by atoms with Crippen molar-refractivity contribution in [3.8, 4) is 17.1 Å². The van der Waals surface area contributed by atoms with Crippen molar-refractivity contribution in [1.82, 2.24) is 9.97 Å². The Morgan fingerprint density at radius 3 is 2.64 bits per heavy atom. The van der Waals surface area contributed by atoms with Gasteiger partial charge >= 0.3 is 0 Å². The van der Waals surface area contributed by atoms with E-state index in [1.807, 2.05) is 12.1 Å². The lowest BCUT2D eigenvalue weighted by Crippen LogP contribution is -2.17. The number of hydrogen-bond acceptors (Lipinski definition) is 5. The molecule has 1 N–H and O–H groups in total. The highest BCUT2D eigenvalue weighted by Gasteiger charge is 2.15. The fourth-order valence-electron chi connectivity index (χ4n) is 2.20. The van der Waals surface area contributed by atoms with Crippen molar-refractivity contribution < 1.29 is 9.94 Å². The summed E-state index contributed by atoms with van der Waals surface area (Å²) >= 11 is 6.06. The molecule has 0 unspecified atom stereocenters. The standard InChI is InChI=1S/C16H14ClN3O2/c1-20(22-2)16-11-8-7-10(17)9-13(11)18-15(19-16)12-5-3-4-6-14(12)21/h3-9,21H,1-2H3. The van der Waals surface area contributed by atoms with Gasteiger partial charge in [-0.05, 0) is 30.3 Å². The molecule has 0 bridgehead atoms. The minimum atomic E-state index is 0.120. The average Bonchev–Trinajstić information content (AvgIpc) is 2.53. The predicted octanol–water partition coefficient (Wildman–Crippen LogP) is 3.65. The Kier molecular flexibility index (Phi) is 3.83. The Labute approximate surface area is 132 Å². The number of hydrogen-bond donors (Lipinski definition) is 1. The van der Waals surface area contributed by atoms with E-state index in [1.54, 1.807) is 49.6 Å². The van der Waals surface area contributed by atoms with Crippen LogP contribution < -0.4 is 5.06 Å². The lowest BCUT2D eigenvalue weighted by Gasteiger charge is -2.18. The predicted molar refractivity (Wildman–Crippen MR) is 87.1 cm³/mol. The van der Waals surface area contributed by atoms with Crippen molar-refractivity contribution in [2.24, 2.45) is 0 Å². The number of benzene rings is 2. The van der Waals surface area contributed by atoms with Crippen LogP contribution in [0.15, 0.2) is 42.5 Å². The molecule has 0 spiro atoms. The summed E-state index contributed by atoms with van der Waals surface area (Å²) in [6.45, 7) is 0. The van der Waals surface area contributed by atoms with E-state index in [1.165, 1.54) is 0 Å². The zero-order valence-electron chi connectivity index (χ0n) is 12.1. The monoisotopic (exact) mass is 315 g/mol. The number of para-hydroxylation sites is 1. The Morgan fingerprint density at radius 1 is 1.14 bits per heavy atom. The summed E-state index contributed by atoms with van der Waals surface area (Å²) in [4.78, 5) is 14.3. The van der Waals surface area contributed by atoms with Crippen LogP contribution in [0.3, 0.4) is 0 Å². The first-order valence-electron chi connectivity index (χ1n) is 6.63. The number of phenolic OH excluding ortho intramolecular Hbond substituents is 1. The summed E-state index contributed by atoms with van der Waals surface area (Å²) < 4.78 is 0. The summed E-state index contributed by atoms with van der Waals surface area (Å²) in [6.07, 6.45) is 0. The zero-order chi connectivity index (χ0) is 15.7. The highest BCUT2D eigenvalue weighted by atomic mass is 35.5. The van der Waals surface area contributed by atoms with Gasteiger partial charge in [0.15, 0.2) is 11.6 Å². The number of hydroxylamine groups is 1. The maximum Gasteiger partial charge on any atom is 0.165 e. The van der Waals surface area contributed by atoms with E-state index in [4.69, 9.17) is 16.4 Å². The van der Waals surface area contributed by atoms with Gasteiger partial charge in [0, 0.05) is 17.5 Å². The molecule has 0 saturated heterocycles. The van der Waals surface area contributed by atoms with Gasteiger partial charge in [-0.1, -0.05) is 23.7 Å². The summed E-state index contributed by atoms with van der Waals surface area (Å²) in [5.74, 6) is 1.13. The molecule has 0 fully saturated rings. The van der Waals surface area contributed by atoms with Crippen LogP contribution in [0.25, 0.3) is 22.3 Å². The van der Waals surface area contributed by atoms with Crippen molar-refractivity contribution in [3.05, 3.63) is 47.5 Å². The summed E-state index contributed by atoms with van der Waals surface area (Å²) in [5.41, 5.74) is 1.23. The molecule has 2 aromatic carbocycles.